The summed E-state index contributed by atoms with van der Waals surface area (Å²) < 4.78 is 0. The second-order valence-electron chi connectivity index (χ2n) is 5.65. The lowest BCUT2D eigenvalue weighted by Gasteiger charge is -2.20. The number of nitrogens with one attached hydrogen (secondary N) is 1. The van der Waals surface area contributed by atoms with E-state index in [9.17, 15) is 4.79 Å². The molecule has 1 aliphatic rings. The molecule has 1 aliphatic carbocycles. The average Bonchev–Trinajstić information content (AvgIpc) is 2.86. The number of nitrogens with two attached hydrogens (primary N) is 1. The predicted octanol–water partition coefficient (Wildman–Crippen LogP) is 3.16. The molecular formula is C16H24N2OS. The summed E-state index contributed by atoms with van der Waals surface area (Å²) in [6.07, 6.45) is 6.24. The van der Waals surface area contributed by atoms with Crippen LogP contribution in [0.25, 0.3) is 0 Å². The number of hydrogen-bond acceptors (Lipinski definition) is 3. The van der Waals surface area contributed by atoms with Gasteiger partial charge in [-0.15, -0.1) is 0 Å². The van der Waals surface area contributed by atoms with Crippen molar-refractivity contribution < 1.29 is 4.79 Å². The minimum atomic E-state index is 0.167. The maximum Gasteiger partial charge on any atom is 0.220 e. The monoisotopic (exact) mass is 292 g/mol. The van der Waals surface area contributed by atoms with Gasteiger partial charge in [-0.1, -0.05) is 25.5 Å². The van der Waals surface area contributed by atoms with E-state index >= 15 is 0 Å². The van der Waals surface area contributed by atoms with Gasteiger partial charge in [-0.25, -0.2) is 0 Å². The third-order valence-corrected chi connectivity index (χ3v) is 5.27. The number of thioether (sulfide) groups is 1. The molecular weight excluding hydrogens is 268 g/mol. The van der Waals surface area contributed by atoms with Crippen molar-refractivity contribution in [3.8, 4) is 0 Å². The molecule has 1 saturated carbocycles. The zero-order chi connectivity index (χ0) is 14.5. The lowest BCUT2D eigenvalue weighted by atomic mass is 9.97. The van der Waals surface area contributed by atoms with Gasteiger partial charge in [-0.2, -0.15) is 11.8 Å². The Balaban J connectivity index is 1.86. The molecule has 1 fully saturated rings. The van der Waals surface area contributed by atoms with Crippen molar-refractivity contribution in [2.24, 2.45) is 0 Å². The lowest BCUT2D eigenvalue weighted by Crippen LogP contribution is -2.39. The number of anilines is 1. The van der Waals surface area contributed by atoms with Gasteiger partial charge in [-0.05, 0) is 42.7 Å². The molecule has 0 aliphatic heterocycles. The van der Waals surface area contributed by atoms with Crippen molar-refractivity contribution in [2.75, 3.05) is 12.0 Å². The number of hydrogen-bond donors (Lipinski definition) is 2. The van der Waals surface area contributed by atoms with E-state index in [1.807, 2.05) is 36.0 Å². The molecule has 0 heterocycles. The van der Waals surface area contributed by atoms with Gasteiger partial charge in [-0.3, -0.25) is 4.79 Å². The van der Waals surface area contributed by atoms with Gasteiger partial charge in [0, 0.05) is 23.4 Å². The highest BCUT2D eigenvalue weighted by molar-refractivity contribution is 7.99. The van der Waals surface area contributed by atoms with E-state index in [-0.39, 0.29) is 11.8 Å². The van der Waals surface area contributed by atoms with Gasteiger partial charge < -0.3 is 11.1 Å². The Hall–Kier alpha value is -1.16. The highest BCUT2D eigenvalue weighted by Gasteiger charge is 2.27. The van der Waals surface area contributed by atoms with Crippen molar-refractivity contribution in [1.29, 1.82) is 0 Å². The normalized spacial score (nSPS) is 23.5. The molecule has 3 atom stereocenters. The Kier molecular flexibility index (Phi) is 5.35. The van der Waals surface area contributed by atoms with Crippen LogP contribution in [-0.4, -0.2) is 23.5 Å². The van der Waals surface area contributed by atoms with Crippen molar-refractivity contribution in [1.82, 2.24) is 5.32 Å². The molecule has 3 N–H and O–H groups in total. The van der Waals surface area contributed by atoms with Gasteiger partial charge >= 0.3 is 0 Å². The van der Waals surface area contributed by atoms with Crippen LogP contribution in [0.3, 0.4) is 0 Å². The van der Waals surface area contributed by atoms with Crippen molar-refractivity contribution in [2.45, 2.75) is 49.8 Å². The Morgan fingerprint density at radius 3 is 2.75 bits per heavy atom. The first kappa shape index (κ1) is 15.2. The third kappa shape index (κ3) is 3.92. The summed E-state index contributed by atoms with van der Waals surface area (Å²) in [7, 11) is 0. The zero-order valence-corrected chi connectivity index (χ0v) is 13.1. The lowest BCUT2D eigenvalue weighted by molar-refractivity contribution is -0.122. The molecule has 0 bridgehead atoms. The number of amides is 1. The topological polar surface area (TPSA) is 55.1 Å². The standard InChI is InChI=1S/C16H24N2OS/c1-11(12-6-8-13(17)9-7-12)10-16(19)18-14-4-3-5-15(14)20-2/h6-9,11,14-15H,3-5,10,17H2,1-2H3,(H,18,19). The zero-order valence-electron chi connectivity index (χ0n) is 12.3. The maximum atomic E-state index is 12.2. The van der Waals surface area contributed by atoms with Crippen LogP contribution in [0.1, 0.15) is 44.1 Å². The first-order valence-electron chi connectivity index (χ1n) is 7.27. The molecule has 0 aromatic heterocycles. The molecule has 0 radical (unpaired) electrons. The Morgan fingerprint density at radius 2 is 2.10 bits per heavy atom. The van der Waals surface area contributed by atoms with Crippen LogP contribution in [-0.2, 0) is 4.79 Å². The van der Waals surface area contributed by atoms with E-state index in [0.717, 1.165) is 12.1 Å². The fourth-order valence-electron chi connectivity index (χ4n) is 2.86. The molecule has 0 spiro atoms. The molecule has 1 aromatic rings. The van der Waals surface area contributed by atoms with Gasteiger partial charge in [0.25, 0.3) is 0 Å². The number of benzene rings is 1. The van der Waals surface area contributed by atoms with Gasteiger partial charge in [0.05, 0.1) is 0 Å². The van der Waals surface area contributed by atoms with Crippen molar-refractivity contribution in [3.05, 3.63) is 29.8 Å². The van der Waals surface area contributed by atoms with Crippen LogP contribution in [0, 0.1) is 0 Å². The highest BCUT2D eigenvalue weighted by Crippen LogP contribution is 2.29. The smallest absolute Gasteiger partial charge is 0.220 e. The first-order valence-corrected chi connectivity index (χ1v) is 8.56. The minimum absolute atomic E-state index is 0.167. The molecule has 1 aromatic carbocycles. The minimum Gasteiger partial charge on any atom is -0.399 e. The molecule has 1 amide bonds. The number of carbonyl (C=O) groups excluding carboxylic acids is 1. The molecule has 20 heavy (non-hydrogen) atoms. The summed E-state index contributed by atoms with van der Waals surface area (Å²) >= 11 is 1.87. The maximum absolute atomic E-state index is 12.2. The molecule has 0 saturated heterocycles. The summed E-state index contributed by atoms with van der Waals surface area (Å²) in [5.41, 5.74) is 7.62. The molecule has 3 nitrogen and oxygen atoms in total. The summed E-state index contributed by atoms with van der Waals surface area (Å²) in [4.78, 5) is 12.2. The molecule has 110 valence electrons. The Morgan fingerprint density at radius 1 is 1.40 bits per heavy atom. The first-order chi connectivity index (χ1) is 9.60. The predicted molar refractivity (Wildman–Crippen MR) is 87.0 cm³/mol. The van der Waals surface area contributed by atoms with Crippen molar-refractivity contribution >= 4 is 23.4 Å². The summed E-state index contributed by atoms with van der Waals surface area (Å²) in [5.74, 6) is 0.394. The molecule has 4 heteroatoms. The summed E-state index contributed by atoms with van der Waals surface area (Å²) in [6.45, 7) is 2.09. The molecule has 3 unspecified atom stereocenters. The van der Waals surface area contributed by atoms with Crippen LogP contribution in [0.4, 0.5) is 5.69 Å². The number of carbonyl (C=O) groups is 1. The fraction of sp³-hybridized carbons (Fsp3) is 0.562. The highest BCUT2D eigenvalue weighted by atomic mass is 32.2. The van der Waals surface area contributed by atoms with E-state index in [1.54, 1.807) is 0 Å². The summed E-state index contributed by atoms with van der Waals surface area (Å²) in [5, 5.41) is 3.80. The van der Waals surface area contributed by atoms with E-state index in [0.29, 0.717) is 17.7 Å². The van der Waals surface area contributed by atoms with Crippen LogP contribution in [0.2, 0.25) is 0 Å². The second-order valence-corrected chi connectivity index (χ2v) is 6.73. The largest absolute Gasteiger partial charge is 0.399 e. The van der Waals surface area contributed by atoms with Crippen LogP contribution in [0.15, 0.2) is 24.3 Å². The van der Waals surface area contributed by atoms with Crippen LogP contribution >= 0.6 is 11.8 Å². The average molecular weight is 292 g/mol. The quantitative estimate of drug-likeness (QED) is 0.820. The van der Waals surface area contributed by atoms with Gasteiger partial charge in [0.1, 0.15) is 0 Å². The fourth-order valence-corrected chi connectivity index (χ4v) is 3.79. The van der Waals surface area contributed by atoms with Gasteiger partial charge in [0.15, 0.2) is 0 Å². The Labute approximate surface area is 125 Å². The van der Waals surface area contributed by atoms with E-state index < -0.39 is 0 Å². The van der Waals surface area contributed by atoms with Crippen LogP contribution < -0.4 is 11.1 Å². The SMILES string of the molecule is CSC1CCCC1NC(=O)CC(C)c1ccc(N)cc1. The third-order valence-electron chi connectivity index (χ3n) is 4.10. The summed E-state index contributed by atoms with van der Waals surface area (Å²) in [6, 6.07) is 8.16. The molecule has 2 rings (SSSR count). The number of rotatable bonds is 5. The van der Waals surface area contributed by atoms with Crippen LogP contribution in [0.5, 0.6) is 0 Å². The van der Waals surface area contributed by atoms with E-state index in [4.69, 9.17) is 5.73 Å². The van der Waals surface area contributed by atoms with E-state index in [1.165, 1.54) is 18.4 Å². The second kappa shape index (κ2) is 7.02. The van der Waals surface area contributed by atoms with Gasteiger partial charge in [0.2, 0.25) is 5.91 Å². The van der Waals surface area contributed by atoms with E-state index in [2.05, 4.69) is 18.5 Å². The Bertz CT molecular complexity index is 446. The van der Waals surface area contributed by atoms with Crippen molar-refractivity contribution in [3.63, 3.8) is 0 Å². The number of nitrogen functional groups attached to an aromatic ring is 1.